The maximum atomic E-state index is 9.46. The molecule has 0 amide bonds. The van der Waals surface area contributed by atoms with Gasteiger partial charge in [0, 0.05) is 0 Å². The summed E-state index contributed by atoms with van der Waals surface area (Å²) >= 11 is -0.0408. The minimum absolute atomic E-state index is 0.0243. The SMILES string of the molecule is C=CCC[O-].C=CCC[O-].[CH3][Zr+2][C]1=CC=CC1. The van der Waals surface area contributed by atoms with Crippen LogP contribution in [0.1, 0.15) is 19.3 Å². The normalized spacial score (nSPS) is 11.1. The molecule has 0 atom stereocenters. The molecule has 0 saturated carbocycles. The first-order valence-electron chi connectivity index (χ1n) is 5.68. The van der Waals surface area contributed by atoms with Gasteiger partial charge in [0.1, 0.15) is 0 Å². The Labute approximate surface area is 117 Å². The molecule has 0 saturated heterocycles. The zero-order valence-electron chi connectivity index (χ0n) is 10.7. The van der Waals surface area contributed by atoms with Crippen molar-refractivity contribution >= 4 is 0 Å². The Hall–Kier alpha value is -0.237. The summed E-state index contributed by atoms with van der Waals surface area (Å²) in [5, 5.41) is 18.9. The molecule has 1 aliphatic rings. The molecular formula is C14H22O2Zr. The summed E-state index contributed by atoms with van der Waals surface area (Å²) in [7, 11) is 0. The molecule has 1 rings (SSSR count). The predicted molar refractivity (Wildman–Crippen MR) is 67.1 cm³/mol. The molecule has 0 fully saturated rings. The van der Waals surface area contributed by atoms with Crippen molar-refractivity contribution < 1.29 is 33.4 Å². The average Bonchev–Trinajstić information content (AvgIpc) is 2.85. The first-order chi connectivity index (χ1) is 8.26. The molecule has 1 aliphatic carbocycles. The second kappa shape index (κ2) is 18.1. The van der Waals surface area contributed by atoms with Crippen molar-refractivity contribution in [2.45, 2.75) is 23.9 Å². The Balaban J connectivity index is 0. The van der Waals surface area contributed by atoms with Crippen LogP contribution in [0, 0.1) is 0 Å². The van der Waals surface area contributed by atoms with Crippen LogP contribution in [-0.4, -0.2) is 13.2 Å². The Morgan fingerprint density at radius 2 is 1.76 bits per heavy atom. The van der Waals surface area contributed by atoms with Gasteiger partial charge in [-0.2, -0.15) is 0 Å². The van der Waals surface area contributed by atoms with Gasteiger partial charge in [-0.25, -0.2) is 0 Å². The molecule has 0 bridgehead atoms. The summed E-state index contributed by atoms with van der Waals surface area (Å²) < 4.78 is 4.09. The van der Waals surface area contributed by atoms with Gasteiger partial charge in [0.2, 0.25) is 0 Å². The van der Waals surface area contributed by atoms with Crippen molar-refractivity contribution in [3.05, 3.63) is 46.8 Å². The molecule has 0 N–H and O–H groups in total. The quantitative estimate of drug-likeness (QED) is 0.727. The van der Waals surface area contributed by atoms with Gasteiger partial charge in [-0.3, -0.25) is 0 Å². The summed E-state index contributed by atoms with van der Waals surface area (Å²) in [5.74, 6) is 0. The van der Waals surface area contributed by atoms with Gasteiger partial charge in [-0.1, -0.05) is 25.0 Å². The first kappa shape index (κ1) is 19.1. The molecule has 0 aliphatic heterocycles. The van der Waals surface area contributed by atoms with Crippen LogP contribution in [-0.2, 0) is 23.2 Å². The monoisotopic (exact) mass is 312 g/mol. The van der Waals surface area contributed by atoms with E-state index in [0.717, 1.165) is 0 Å². The van der Waals surface area contributed by atoms with Crippen molar-refractivity contribution in [2.24, 2.45) is 0 Å². The van der Waals surface area contributed by atoms with E-state index in [1.54, 1.807) is 15.4 Å². The second-order valence-electron chi connectivity index (χ2n) is 3.14. The molecule has 0 heterocycles. The fourth-order valence-corrected chi connectivity index (χ4v) is 2.24. The van der Waals surface area contributed by atoms with Gasteiger partial charge in [0.05, 0.1) is 0 Å². The van der Waals surface area contributed by atoms with E-state index < -0.39 is 0 Å². The van der Waals surface area contributed by atoms with Gasteiger partial charge in [0.15, 0.2) is 0 Å². The molecule has 0 aromatic heterocycles. The molecule has 0 spiro atoms. The van der Waals surface area contributed by atoms with E-state index in [1.165, 1.54) is 6.42 Å². The molecule has 17 heavy (non-hydrogen) atoms. The zero-order chi connectivity index (χ0) is 13.4. The van der Waals surface area contributed by atoms with Crippen LogP contribution in [0.2, 0.25) is 4.63 Å². The van der Waals surface area contributed by atoms with Crippen LogP contribution in [0.3, 0.4) is 0 Å². The number of hydrogen-bond donors (Lipinski definition) is 0. The summed E-state index contributed by atoms with van der Waals surface area (Å²) in [5.41, 5.74) is 0. The van der Waals surface area contributed by atoms with E-state index >= 15 is 0 Å². The summed E-state index contributed by atoms with van der Waals surface area (Å²) in [6.07, 6.45) is 12.4. The molecule has 2 nitrogen and oxygen atoms in total. The Morgan fingerprint density at radius 1 is 1.24 bits per heavy atom. The van der Waals surface area contributed by atoms with Crippen LogP contribution in [0.4, 0.5) is 0 Å². The Bertz CT molecular complexity index is 222. The molecule has 0 radical (unpaired) electrons. The third kappa shape index (κ3) is 18.3. The van der Waals surface area contributed by atoms with E-state index in [-0.39, 0.29) is 36.4 Å². The van der Waals surface area contributed by atoms with E-state index in [1.807, 2.05) is 0 Å². The molecule has 0 aromatic carbocycles. The van der Waals surface area contributed by atoms with Crippen molar-refractivity contribution in [3.63, 3.8) is 0 Å². The minimum atomic E-state index is -0.0408. The first-order valence-corrected chi connectivity index (χ1v) is 9.36. The molecule has 0 unspecified atom stereocenters. The van der Waals surface area contributed by atoms with Gasteiger partial charge in [0.25, 0.3) is 0 Å². The van der Waals surface area contributed by atoms with Crippen LogP contribution in [0.5, 0.6) is 0 Å². The fourth-order valence-electron chi connectivity index (χ4n) is 0.799. The second-order valence-corrected chi connectivity index (χ2v) is 5.94. The van der Waals surface area contributed by atoms with E-state index in [0.29, 0.717) is 12.8 Å². The van der Waals surface area contributed by atoms with E-state index in [4.69, 9.17) is 0 Å². The molecule has 0 aromatic rings. The number of rotatable bonds is 5. The summed E-state index contributed by atoms with van der Waals surface area (Å²) in [4.78, 5) is 0. The number of allylic oxidation sites excluding steroid dienone is 4. The fraction of sp³-hybridized carbons (Fsp3) is 0.429. The molecular weight excluding hydrogens is 291 g/mol. The van der Waals surface area contributed by atoms with Crippen LogP contribution in [0.15, 0.2) is 46.8 Å². The molecule has 3 heteroatoms. The van der Waals surface area contributed by atoms with Crippen LogP contribution >= 0.6 is 0 Å². The van der Waals surface area contributed by atoms with Gasteiger partial charge < -0.3 is 10.2 Å². The van der Waals surface area contributed by atoms with Crippen molar-refractivity contribution in [1.29, 1.82) is 0 Å². The van der Waals surface area contributed by atoms with Gasteiger partial charge >= 0.3 is 55.8 Å². The third-order valence-electron chi connectivity index (χ3n) is 1.74. The van der Waals surface area contributed by atoms with Crippen LogP contribution in [0.25, 0.3) is 0 Å². The predicted octanol–water partition coefficient (Wildman–Crippen LogP) is 1.81. The number of hydrogen-bond acceptors (Lipinski definition) is 2. The van der Waals surface area contributed by atoms with E-state index in [2.05, 4.69) is 36.0 Å². The van der Waals surface area contributed by atoms with Crippen molar-refractivity contribution in [1.82, 2.24) is 0 Å². The summed E-state index contributed by atoms with van der Waals surface area (Å²) in [6.45, 7) is 6.65. The van der Waals surface area contributed by atoms with Gasteiger partial charge in [-0.05, 0) is 0 Å². The van der Waals surface area contributed by atoms with Crippen molar-refractivity contribution in [2.75, 3.05) is 13.2 Å². The van der Waals surface area contributed by atoms with Gasteiger partial charge in [-0.15, -0.1) is 26.4 Å². The third-order valence-corrected chi connectivity index (χ3v) is 4.23. The Morgan fingerprint density at radius 3 is 1.88 bits per heavy atom. The summed E-state index contributed by atoms with van der Waals surface area (Å²) in [6, 6.07) is 0. The Kier molecular flexibility index (Phi) is 20.4. The van der Waals surface area contributed by atoms with E-state index in [9.17, 15) is 10.2 Å². The zero-order valence-corrected chi connectivity index (χ0v) is 13.1. The van der Waals surface area contributed by atoms with Crippen LogP contribution < -0.4 is 10.2 Å². The average molecular weight is 314 g/mol. The van der Waals surface area contributed by atoms with Crippen molar-refractivity contribution in [3.8, 4) is 0 Å². The standard InChI is InChI=1S/C5H5.2C4H7O.CH3.Zr/c1-2-4-5-3-1;2*1-2-3-4-5;;/h1-3H,4H2;2*2H,1,3-4H2;1H3;/q;2*-1;;+2. The topological polar surface area (TPSA) is 46.1 Å². The maximum absolute atomic E-state index is 9.46. The molecule has 94 valence electrons.